The molecule has 0 saturated carbocycles. The molecule has 0 aliphatic rings. The van der Waals surface area contributed by atoms with Gasteiger partial charge in [0.05, 0.1) is 22.1 Å². The van der Waals surface area contributed by atoms with E-state index in [9.17, 15) is 0 Å². The van der Waals surface area contributed by atoms with Crippen molar-refractivity contribution in [2.45, 2.75) is 6.92 Å². The molecule has 0 aliphatic carbocycles. The molecule has 2 aromatic heterocycles. The van der Waals surface area contributed by atoms with Crippen LogP contribution < -0.4 is 0 Å². The van der Waals surface area contributed by atoms with Crippen molar-refractivity contribution in [1.82, 2.24) is 19.9 Å². The Balaban J connectivity index is 1.49. The zero-order valence-electron chi connectivity index (χ0n) is 25.9. The summed E-state index contributed by atoms with van der Waals surface area (Å²) in [6, 6.07) is 36.5. The van der Waals surface area contributed by atoms with Crippen molar-refractivity contribution in [3.8, 4) is 33.4 Å². The average molecular weight is 603 g/mol. The van der Waals surface area contributed by atoms with E-state index in [0.29, 0.717) is 0 Å². The Morgan fingerprint density at radius 3 is 1.72 bits per heavy atom. The van der Waals surface area contributed by atoms with Gasteiger partial charge in [-0.3, -0.25) is 19.9 Å². The van der Waals surface area contributed by atoms with Gasteiger partial charge < -0.3 is 0 Å². The van der Waals surface area contributed by atoms with Crippen LogP contribution in [-0.4, -0.2) is 19.9 Å². The van der Waals surface area contributed by atoms with Crippen molar-refractivity contribution >= 4 is 49.2 Å². The highest BCUT2D eigenvalue weighted by molar-refractivity contribution is 6.21. The van der Waals surface area contributed by atoms with Gasteiger partial charge in [0, 0.05) is 35.9 Å². The Morgan fingerprint density at radius 2 is 1.11 bits per heavy atom. The quantitative estimate of drug-likeness (QED) is 0.140. The van der Waals surface area contributed by atoms with Crippen LogP contribution >= 0.6 is 0 Å². The summed E-state index contributed by atoms with van der Waals surface area (Å²) in [5, 5.41) is 4.62. The van der Waals surface area contributed by atoms with Gasteiger partial charge in [0.1, 0.15) is 0 Å². The molecule has 0 N–H and O–H groups in total. The molecule has 8 rings (SSSR count). The highest BCUT2D eigenvalue weighted by atomic mass is 14.8. The molecule has 0 bridgehead atoms. The Kier molecular flexibility index (Phi) is 7.16. The lowest BCUT2D eigenvalue weighted by molar-refractivity contribution is 1.29. The van der Waals surface area contributed by atoms with Crippen LogP contribution in [0.5, 0.6) is 0 Å². The van der Waals surface area contributed by atoms with E-state index in [2.05, 4.69) is 108 Å². The first-order valence-corrected chi connectivity index (χ1v) is 15.7. The molecule has 8 aromatic rings. The Hall–Kier alpha value is -6.26. The van der Waals surface area contributed by atoms with Gasteiger partial charge in [0.15, 0.2) is 0 Å². The number of hydrogen-bond donors (Lipinski definition) is 0. The van der Waals surface area contributed by atoms with E-state index >= 15 is 0 Å². The zero-order valence-corrected chi connectivity index (χ0v) is 25.9. The lowest BCUT2D eigenvalue weighted by Crippen LogP contribution is -1.95. The van der Waals surface area contributed by atoms with E-state index in [1.54, 1.807) is 24.8 Å². The summed E-state index contributed by atoms with van der Waals surface area (Å²) in [6.45, 7) is 6.67. The van der Waals surface area contributed by atoms with Gasteiger partial charge in [-0.25, -0.2) is 0 Å². The van der Waals surface area contributed by atoms with Crippen molar-refractivity contribution in [1.29, 1.82) is 0 Å². The number of rotatable bonds is 6. The Bertz CT molecular complexity index is 2530. The van der Waals surface area contributed by atoms with Crippen LogP contribution in [0.25, 0.3) is 82.6 Å². The molecule has 2 heterocycles. The van der Waals surface area contributed by atoms with Gasteiger partial charge in [-0.2, -0.15) is 0 Å². The van der Waals surface area contributed by atoms with Gasteiger partial charge >= 0.3 is 0 Å². The summed E-state index contributed by atoms with van der Waals surface area (Å²) in [4.78, 5) is 18.6. The fourth-order valence-corrected chi connectivity index (χ4v) is 6.63. The Labute approximate surface area is 273 Å². The normalized spacial score (nSPS) is 11.9. The second-order valence-electron chi connectivity index (χ2n) is 11.5. The first-order valence-electron chi connectivity index (χ1n) is 15.7. The van der Waals surface area contributed by atoms with Crippen molar-refractivity contribution in [2.24, 2.45) is 0 Å². The van der Waals surface area contributed by atoms with Crippen LogP contribution in [0.3, 0.4) is 0 Å². The number of aromatic nitrogens is 4. The number of hydrogen-bond acceptors (Lipinski definition) is 4. The second-order valence-corrected chi connectivity index (χ2v) is 11.5. The summed E-state index contributed by atoms with van der Waals surface area (Å²) in [5.41, 5.74) is 12.1. The second kappa shape index (κ2) is 11.9. The monoisotopic (exact) mass is 602 g/mol. The van der Waals surface area contributed by atoms with Crippen molar-refractivity contribution in [2.75, 3.05) is 0 Å². The molecule has 47 heavy (non-hydrogen) atoms. The molecule has 0 saturated heterocycles. The van der Waals surface area contributed by atoms with Crippen LogP contribution in [0.15, 0.2) is 159 Å². The summed E-state index contributed by atoms with van der Waals surface area (Å²) >= 11 is 0. The highest BCUT2D eigenvalue weighted by Crippen LogP contribution is 2.45. The van der Waals surface area contributed by atoms with Crippen molar-refractivity contribution in [3.63, 3.8) is 0 Å². The summed E-state index contributed by atoms with van der Waals surface area (Å²) in [5.74, 6) is 0. The summed E-state index contributed by atoms with van der Waals surface area (Å²) in [6.07, 6.45) is 15.2. The van der Waals surface area contributed by atoms with Crippen LogP contribution in [0, 0.1) is 0 Å². The van der Waals surface area contributed by atoms with E-state index in [4.69, 9.17) is 9.97 Å². The lowest BCUT2D eigenvalue weighted by Gasteiger charge is -2.20. The van der Waals surface area contributed by atoms with Crippen LogP contribution in [0.4, 0.5) is 0 Å². The van der Waals surface area contributed by atoms with Crippen LogP contribution in [0.2, 0.25) is 0 Å². The van der Waals surface area contributed by atoms with Gasteiger partial charge in [-0.1, -0.05) is 110 Å². The molecule has 0 atom stereocenters. The fourth-order valence-electron chi connectivity index (χ4n) is 6.63. The molecule has 0 fully saturated rings. The summed E-state index contributed by atoms with van der Waals surface area (Å²) < 4.78 is 0. The molecule has 0 aliphatic heterocycles. The minimum Gasteiger partial charge on any atom is -0.253 e. The molecule has 0 unspecified atom stereocenters. The van der Waals surface area contributed by atoms with Gasteiger partial charge in [0.25, 0.3) is 0 Å². The molecule has 222 valence electrons. The molecular formula is C43H30N4. The molecule has 0 radical (unpaired) electrons. The lowest BCUT2D eigenvalue weighted by atomic mass is 9.83. The van der Waals surface area contributed by atoms with Crippen LogP contribution in [0.1, 0.15) is 12.5 Å². The van der Waals surface area contributed by atoms with E-state index in [0.717, 1.165) is 82.7 Å². The predicted octanol–water partition coefficient (Wildman–Crippen LogP) is 11.0. The largest absolute Gasteiger partial charge is 0.253 e. The van der Waals surface area contributed by atoms with Gasteiger partial charge in [0.2, 0.25) is 0 Å². The van der Waals surface area contributed by atoms with Crippen molar-refractivity contribution in [3.05, 3.63) is 164 Å². The SMILES string of the molecule is C=C(/C=C\C=C/C)c1c(-c2ccccc2)c2cc(-c3cccc4nccnc34)ccc2c2ccc(-c3cccc4nccnc34)cc12. The number of allylic oxidation sites excluding steroid dienone is 5. The Morgan fingerprint density at radius 1 is 0.532 bits per heavy atom. The first kappa shape index (κ1) is 28.2. The third-order valence-electron chi connectivity index (χ3n) is 8.72. The van der Waals surface area contributed by atoms with Gasteiger partial charge in [-0.05, 0) is 86.1 Å². The minimum absolute atomic E-state index is 0.873. The zero-order chi connectivity index (χ0) is 31.7. The number of nitrogens with zero attached hydrogens (tertiary/aromatic N) is 4. The standard InChI is InChI=1S/C43H30N4/c1-3-4-6-11-28(2)40-36-26-30(32-14-9-16-38-42(32)46-24-22-44-38)18-20-34(36)35-21-19-31(27-37(35)41(40)29-12-7-5-8-13-29)33-15-10-17-39-43(33)47-25-23-45-39/h3-27H,2H2,1H3/b4-3-,11-6-. The third kappa shape index (κ3) is 4.97. The highest BCUT2D eigenvalue weighted by Gasteiger charge is 2.20. The maximum Gasteiger partial charge on any atom is 0.0965 e. The third-order valence-corrected chi connectivity index (χ3v) is 8.72. The molecule has 0 amide bonds. The molecule has 0 spiro atoms. The minimum atomic E-state index is 0.873. The smallest absolute Gasteiger partial charge is 0.0965 e. The van der Waals surface area contributed by atoms with E-state index in [1.165, 1.54) is 5.39 Å². The number of fused-ring (bicyclic) bond motifs is 5. The van der Waals surface area contributed by atoms with Crippen molar-refractivity contribution < 1.29 is 0 Å². The number of benzene rings is 6. The molecular weight excluding hydrogens is 573 g/mol. The maximum absolute atomic E-state index is 4.71. The predicted molar refractivity (Wildman–Crippen MR) is 197 cm³/mol. The topological polar surface area (TPSA) is 51.6 Å². The molecule has 4 heteroatoms. The summed E-state index contributed by atoms with van der Waals surface area (Å²) in [7, 11) is 0. The maximum atomic E-state index is 4.71. The van der Waals surface area contributed by atoms with Crippen LogP contribution in [-0.2, 0) is 0 Å². The van der Waals surface area contributed by atoms with Gasteiger partial charge in [-0.15, -0.1) is 0 Å². The average Bonchev–Trinajstić information content (AvgIpc) is 3.13. The van der Waals surface area contributed by atoms with E-state index < -0.39 is 0 Å². The fraction of sp³-hybridized carbons (Fsp3) is 0.0233. The number of para-hydroxylation sites is 2. The molecule has 4 nitrogen and oxygen atoms in total. The molecule has 6 aromatic carbocycles. The van der Waals surface area contributed by atoms with E-state index in [-0.39, 0.29) is 0 Å². The first-order chi connectivity index (χ1) is 23.2. The van der Waals surface area contributed by atoms with E-state index in [1.807, 2.05) is 43.3 Å².